The van der Waals surface area contributed by atoms with Crippen molar-refractivity contribution in [2.75, 3.05) is 0 Å². The smallest absolute Gasteiger partial charge is 0.316 e. The van der Waals surface area contributed by atoms with Crippen molar-refractivity contribution in [3.63, 3.8) is 0 Å². The summed E-state index contributed by atoms with van der Waals surface area (Å²) in [5, 5.41) is 5.25. The Morgan fingerprint density at radius 3 is 2.26 bits per heavy atom. The van der Waals surface area contributed by atoms with E-state index < -0.39 is 11.6 Å². The summed E-state index contributed by atoms with van der Waals surface area (Å²) in [6.45, 7) is 0. The molecule has 116 valence electrons. The molecule has 2 aromatic rings. The highest BCUT2D eigenvalue weighted by atomic mass is 16.2. The fourth-order valence-electron chi connectivity index (χ4n) is 3.68. The van der Waals surface area contributed by atoms with E-state index in [0.717, 1.165) is 24.0 Å². The molecule has 1 aliphatic carbocycles. The van der Waals surface area contributed by atoms with Crippen LogP contribution in [-0.2, 0) is 23.2 Å². The highest BCUT2D eigenvalue weighted by Gasteiger charge is 2.49. The van der Waals surface area contributed by atoms with Crippen LogP contribution in [0, 0.1) is 0 Å². The van der Waals surface area contributed by atoms with E-state index in [2.05, 4.69) is 22.8 Å². The zero-order chi connectivity index (χ0) is 15.9. The van der Waals surface area contributed by atoms with E-state index in [1.807, 2.05) is 36.4 Å². The average Bonchev–Trinajstić information content (AvgIpc) is 2.90. The Hall–Kier alpha value is -2.62. The van der Waals surface area contributed by atoms with Gasteiger partial charge < -0.3 is 5.32 Å². The summed E-state index contributed by atoms with van der Waals surface area (Å²) in [6, 6.07) is 15.1. The number of aryl methyl sites for hydroxylation is 2. The van der Waals surface area contributed by atoms with E-state index in [-0.39, 0.29) is 5.91 Å². The van der Waals surface area contributed by atoms with Gasteiger partial charge in [-0.25, -0.2) is 4.79 Å². The van der Waals surface area contributed by atoms with Gasteiger partial charge in [0.05, 0.1) is 0 Å². The number of amides is 3. The molecule has 1 saturated heterocycles. The van der Waals surface area contributed by atoms with Gasteiger partial charge >= 0.3 is 6.03 Å². The molecule has 3 amide bonds. The van der Waals surface area contributed by atoms with E-state index in [9.17, 15) is 9.59 Å². The van der Waals surface area contributed by atoms with Crippen LogP contribution >= 0.6 is 0 Å². The molecular formula is C19H18N2O2. The van der Waals surface area contributed by atoms with Crippen LogP contribution in [0.1, 0.15) is 35.1 Å². The lowest BCUT2D eigenvalue weighted by molar-refractivity contribution is -0.122. The molecule has 0 aromatic heterocycles. The van der Waals surface area contributed by atoms with Crippen molar-refractivity contribution in [1.29, 1.82) is 0 Å². The Kier molecular flexibility index (Phi) is 3.18. The zero-order valence-corrected chi connectivity index (χ0v) is 12.8. The minimum Gasteiger partial charge on any atom is -0.316 e. The van der Waals surface area contributed by atoms with Crippen molar-refractivity contribution in [3.8, 4) is 0 Å². The van der Waals surface area contributed by atoms with Gasteiger partial charge in [-0.05, 0) is 47.9 Å². The van der Waals surface area contributed by atoms with Gasteiger partial charge in [0.1, 0.15) is 0 Å². The lowest BCUT2D eigenvalue weighted by Crippen LogP contribution is -2.45. The van der Waals surface area contributed by atoms with Gasteiger partial charge in [0, 0.05) is 0 Å². The normalized spacial score (nSPS) is 23.1. The van der Waals surface area contributed by atoms with Crippen molar-refractivity contribution in [2.45, 2.75) is 31.2 Å². The number of fused-ring (bicyclic) bond motifs is 1. The number of hydrogen-bond acceptors (Lipinski definition) is 2. The Balaban J connectivity index is 1.90. The van der Waals surface area contributed by atoms with Crippen LogP contribution in [-0.4, -0.2) is 11.9 Å². The number of benzene rings is 2. The van der Waals surface area contributed by atoms with Crippen LogP contribution in [0.3, 0.4) is 0 Å². The first-order chi connectivity index (χ1) is 11.2. The minimum atomic E-state index is -1.13. The second-order valence-electron chi connectivity index (χ2n) is 6.21. The molecule has 0 saturated carbocycles. The van der Waals surface area contributed by atoms with Gasteiger partial charge in [-0.2, -0.15) is 0 Å². The number of carbonyl (C=O) groups is 2. The maximum absolute atomic E-state index is 12.7. The summed E-state index contributed by atoms with van der Waals surface area (Å²) < 4.78 is 0. The average molecular weight is 306 g/mol. The van der Waals surface area contributed by atoms with Crippen molar-refractivity contribution in [1.82, 2.24) is 10.6 Å². The van der Waals surface area contributed by atoms with E-state index >= 15 is 0 Å². The van der Waals surface area contributed by atoms with Gasteiger partial charge in [-0.3, -0.25) is 10.1 Å². The highest BCUT2D eigenvalue weighted by molar-refractivity contribution is 6.09. The third-order valence-electron chi connectivity index (χ3n) is 4.86. The number of nitrogens with one attached hydrogen (secondary N) is 2. The fourth-order valence-corrected chi connectivity index (χ4v) is 3.68. The second kappa shape index (κ2) is 5.23. The standard InChI is InChI=1S/C19H18N2O2/c22-17-19(21-18(23)20-17,15-8-2-1-3-9-15)16-11-10-13-6-4-5-7-14(13)12-16/h1-3,8-12H,4-7H2,(H2,20,21,22,23). The largest absolute Gasteiger partial charge is 0.322 e. The number of rotatable bonds is 2. The van der Waals surface area contributed by atoms with Crippen LogP contribution in [0.25, 0.3) is 0 Å². The van der Waals surface area contributed by atoms with Gasteiger partial charge in [-0.15, -0.1) is 0 Å². The van der Waals surface area contributed by atoms with Crippen molar-refractivity contribution >= 4 is 11.9 Å². The Labute approximate surface area is 134 Å². The third kappa shape index (κ3) is 2.13. The van der Waals surface area contributed by atoms with Crippen LogP contribution in [0.2, 0.25) is 0 Å². The van der Waals surface area contributed by atoms with E-state index in [1.165, 1.54) is 24.0 Å². The van der Waals surface area contributed by atoms with Crippen LogP contribution in [0.15, 0.2) is 48.5 Å². The lowest BCUT2D eigenvalue weighted by Gasteiger charge is -2.29. The number of carbonyl (C=O) groups excluding carboxylic acids is 2. The molecule has 2 aliphatic rings. The third-order valence-corrected chi connectivity index (χ3v) is 4.86. The predicted molar refractivity (Wildman–Crippen MR) is 87.0 cm³/mol. The number of hydrogen-bond donors (Lipinski definition) is 2. The summed E-state index contributed by atoms with van der Waals surface area (Å²) in [7, 11) is 0. The molecule has 4 rings (SSSR count). The van der Waals surface area contributed by atoms with Gasteiger partial charge in [0.25, 0.3) is 5.91 Å². The topological polar surface area (TPSA) is 58.2 Å². The molecule has 1 fully saturated rings. The molecule has 1 aliphatic heterocycles. The SMILES string of the molecule is O=C1NC(=O)C(c2ccccc2)(c2ccc3c(c2)CCCC3)N1. The Morgan fingerprint density at radius 1 is 0.826 bits per heavy atom. The number of imide groups is 1. The maximum atomic E-state index is 12.7. The van der Waals surface area contributed by atoms with E-state index in [4.69, 9.17) is 0 Å². The first-order valence-electron chi connectivity index (χ1n) is 8.01. The quantitative estimate of drug-likeness (QED) is 0.838. The molecule has 0 spiro atoms. The van der Waals surface area contributed by atoms with Gasteiger partial charge in [-0.1, -0.05) is 48.5 Å². The molecule has 2 N–H and O–H groups in total. The first kappa shape index (κ1) is 14.0. The summed E-state index contributed by atoms with van der Waals surface area (Å²) in [4.78, 5) is 24.5. The summed E-state index contributed by atoms with van der Waals surface area (Å²) in [6.07, 6.45) is 4.51. The van der Waals surface area contributed by atoms with Gasteiger partial charge in [0.15, 0.2) is 5.54 Å². The molecule has 1 heterocycles. The highest BCUT2D eigenvalue weighted by Crippen LogP contribution is 2.35. The molecular weight excluding hydrogens is 288 g/mol. The summed E-state index contributed by atoms with van der Waals surface area (Å²) in [5.41, 5.74) is 3.11. The van der Waals surface area contributed by atoms with Crippen LogP contribution in [0.4, 0.5) is 4.79 Å². The van der Waals surface area contributed by atoms with Crippen LogP contribution < -0.4 is 10.6 Å². The van der Waals surface area contributed by atoms with Crippen molar-refractivity contribution in [3.05, 3.63) is 70.8 Å². The molecule has 4 heteroatoms. The van der Waals surface area contributed by atoms with Gasteiger partial charge in [0.2, 0.25) is 0 Å². The number of urea groups is 1. The fraction of sp³-hybridized carbons (Fsp3) is 0.263. The molecule has 1 atom stereocenters. The summed E-state index contributed by atoms with van der Waals surface area (Å²) >= 11 is 0. The predicted octanol–water partition coefficient (Wildman–Crippen LogP) is 2.65. The van der Waals surface area contributed by atoms with Crippen LogP contribution in [0.5, 0.6) is 0 Å². The van der Waals surface area contributed by atoms with E-state index in [0.29, 0.717) is 0 Å². The minimum absolute atomic E-state index is 0.315. The summed E-state index contributed by atoms with van der Waals surface area (Å²) in [5.74, 6) is -0.315. The lowest BCUT2D eigenvalue weighted by atomic mass is 9.80. The first-order valence-corrected chi connectivity index (χ1v) is 8.01. The van der Waals surface area contributed by atoms with Crippen molar-refractivity contribution < 1.29 is 9.59 Å². The Morgan fingerprint density at radius 2 is 1.57 bits per heavy atom. The molecule has 23 heavy (non-hydrogen) atoms. The van der Waals surface area contributed by atoms with Crippen molar-refractivity contribution in [2.24, 2.45) is 0 Å². The Bertz CT molecular complexity index is 785. The van der Waals surface area contributed by atoms with E-state index in [1.54, 1.807) is 0 Å². The second-order valence-corrected chi connectivity index (χ2v) is 6.21. The zero-order valence-electron chi connectivity index (χ0n) is 12.8. The molecule has 2 aromatic carbocycles. The molecule has 1 unspecified atom stereocenters. The molecule has 4 nitrogen and oxygen atoms in total. The molecule has 0 radical (unpaired) electrons. The monoisotopic (exact) mass is 306 g/mol. The molecule has 0 bridgehead atoms. The maximum Gasteiger partial charge on any atom is 0.322 e.